The van der Waals surface area contributed by atoms with Crippen LogP contribution in [0.25, 0.3) is 11.0 Å². The highest BCUT2D eigenvalue weighted by Crippen LogP contribution is 2.21. The number of hydrogen-bond donors (Lipinski definition) is 1. The van der Waals surface area contributed by atoms with E-state index in [-0.39, 0.29) is 11.9 Å². The quantitative estimate of drug-likeness (QED) is 0.795. The van der Waals surface area contributed by atoms with Crippen LogP contribution < -0.4 is 5.73 Å². The van der Waals surface area contributed by atoms with Crippen molar-refractivity contribution in [3.05, 3.63) is 35.8 Å². The molecule has 2 aromatic rings. The highest BCUT2D eigenvalue weighted by atomic mass is 19.1. The van der Waals surface area contributed by atoms with Gasteiger partial charge >= 0.3 is 0 Å². The van der Waals surface area contributed by atoms with Crippen molar-refractivity contribution in [2.75, 3.05) is 0 Å². The van der Waals surface area contributed by atoms with Crippen molar-refractivity contribution in [2.45, 2.75) is 19.4 Å². The monoisotopic (exact) mass is 193 g/mol. The molecule has 1 atom stereocenters. The van der Waals surface area contributed by atoms with E-state index in [9.17, 15) is 4.39 Å². The Balaban J connectivity index is 2.44. The minimum absolute atomic E-state index is 0.0856. The lowest BCUT2D eigenvalue weighted by atomic mass is 10.1. The van der Waals surface area contributed by atoms with Crippen LogP contribution in [0.2, 0.25) is 0 Å². The summed E-state index contributed by atoms with van der Waals surface area (Å²) in [6.07, 6.45) is 1.88. The van der Waals surface area contributed by atoms with Gasteiger partial charge in [-0.15, -0.1) is 0 Å². The SMILES string of the molecule is C[C@@H](N)Cc1ccc2occ(F)c2c1. The van der Waals surface area contributed by atoms with E-state index in [0.29, 0.717) is 11.0 Å². The maximum atomic E-state index is 13.1. The van der Waals surface area contributed by atoms with E-state index >= 15 is 0 Å². The highest BCUT2D eigenvalue weighted by Gasteiger charge is 2.06. The average Bonchev–Trinajstić information content (AvgIpc) is 2.47. The van der Waals surface area contributed by atoms with Crippen molar-refractivity contribution in [3.63, 3.8) is 0 Å². The summed E-state index contributed by atoms with van der Waals surface area (Å²) in [5, 5.41) is 0.531. The third-order valence-corrected chi connectivity index (χ3v) is 2.15. The molecule has 0 bridgehead atoms. The Bertz CT molecular complexity index is 447. The maximum Gasteiger partial charge on any atom is 0.169 e. The summed E-state index contributed by atoms with van der Waals surface area (Å²) < 4.78 is 18.1. The Morgan fingerprint density at radius 1 is 1.50 bits per heavy atom. The van der Waals surface area contributed by atoms with Gasteiger partial charge in [0.15, 0.2) is 5.82 Å². The summed E-state index contributed by atoms with van der Waals surface area (Å²) in [6, 6.07) is 5.56. The largest absolute Gasteiger partial charge is 0.461 e. The molecule has 0 aliphatic carbocycles. The van der Waals surface area contributed by atoms with Gasteiger partial charge in [0.1, 0.15) is 11.8 Å². The lowest BCUT2D eigenvalue weighted by Crippen LogP contribution is -2.17. The molecule has 2 N–H and O–H groups in total. The molecule has 2 nitrogen and oxygen atoms in total. The van der Waals surface area contributed by atoms with E-state index in [1.807, 2.05) is 13.0 Å². The zero-order valence-corrected chi connectivity index (χ0v) is 7.96. The summed E-state index contributed by atoms with van der Waals surface area (Å²) >= 11 is 0. The van der Waals surface area contributed by atoms with E-state index in [4.69, 9.17) is 10.2 Å². The van der Waals surface area contributed by atoms with E-state index in [0.717, 1.165) is 18.2 Å². The second kappa shape index (κ2) is 3.42. The molecule has 14 heavy (non-hydrogen) atoms. The fourth-order valence-corrected chi connectivity index (χ4v) is 1.54. The van der Waals surface area contributed by atoms with Gasteiger partial charge in [0.2, 0.25) is 0 Å². The smallest absolute Gasteiger partial charge is 0.169 e. The molecule has 0 unspecified atom stereocenters. The summed E-state index contributed by atoms with van der Waals surface area (Å²) in [7, 11) is 0. The standard InChI is InChI=1S/C11H12FNO/c1-7(13)4-8-2-3-11-9(5-8)10(12)6-14-11/h2-3,5-7H,4,13H2,1H3/t7-/m1/s1. The number of fused-ring (bicyclic) bond motifs is 1. The number of rotatable bonds is 2. The van der Waals surface area contributed by atoms with Gasteiger partial charge in [-0.1, -0.05) is 6.07 Å². The zero-order valence-electron chi connectivity index (χ0n) is 7.96. The second-order valence-electron chi connectivity index (χ2n) is 3.60. The molecule has 74 valence electrons. The Hall–Kier alpha value is -1.35. The molecule has 0 spiro atoms. The Morgan fingerprint density at radius 3 is 3.00 bits per heavy atom. The molecule has 1 aromatic carbocycles. The topological polar surface area (TPSA) is 39.2 Å². The fourth-order valence-electron chi connectivity index (χ4n) is 1.54. The predicted molar refractivity (Wildman–Crippen MR) is 53.5 cm³/mol. The van der Waals surface area contributed by atoms with Crippen molar-refractivity contribution >= 4 is 11.0 Å². The van der Waals surface area contributed by atoms with Crippen molar-refractivity contribution in [1.29, 1.82) is 0 Å². The van der Waals surface area contributed by atoms with E-state index in [1.54, 1.807) is 12.1 Å². The molecule has 0 saturated heterocycles. The molecule has 0 aliphatic heterocycles. The van der Waals surface area contributed by atoms with E-state index < -0.39 is 0 Å². The molecule has 0 radical (unpaired) electrons. The summed E-state index contributed by atoms with van der Waals surface area (Å²) in [6.45, 7) is 1.93. The first-order chi connectivity index (χ1) is 6.66. The number of hydrogen-bond acceptors (Lipinski definition) is 2. The Morgan fingerprint density at radius 2 is 2.29 bits per heavy atom. The van der Waals surface area contributed by atoms with Crippen LogP contribution in [0.4, 0.5) is 4.39 Å². The van der Waals surface area contributed by atoms with Gasteiger partial charge in [-0.2, -0.15) is 0 Å². The van der Waals surface area contributed by atoms with Gasteiger partial charge in [-0.05, 0) is 31.0 Å². The first-order valence-electron chi connectivity index (χ1n) is 4.58. The lowest BCUT2D eigenvalue weighted by Gasteiger charge is -2.04. The normalized spacial score (nSPS) is 13.4. The van der Waals surface area contributed by atoms with E-state index in [1.165, 1.54) is 0 Å². The number of furan rings is 1. The fraction of sp³-hybridized carbons (Fsp3) is 0.273. The van der Waals surface area contributed by atoms with Crippen LogP contribution in [0.15, 0.2) is 28.9 Å². The molecular weight excluding hydrogens is 181 g/mol. The molecule has 0 aliphatic rings. The Kier molecular flexibility index (Phi) is 2.25. The van der Waals surface area contributed by atoms with Crippen LogP contribution in [0, 0.1) is 5.82 Å². The predicted octanol–water partition coefficient (Wildman–Crippen LogP) is 2.46. The van der Waals surface area contributed by atoms with Gasteiger partial charge < -0.3 is 10.2 Å². The second-order valence-corrected chi connectivity index (χ2v) is 3.60. The number of nitrogens with two attached hydrogens (primary N) is 1. The lowest BCUT2D eigenvalue weighted by molar-refractivity contribution is 0.558. The van der Waals surface area contributed by atoms with Gasteiger partial charge in [0.25, 0.3) is 0 Å². The summed E-state index contributed by atoms with van der Waals surface area (Å²) in [4.78, 5) is 0. The highest BCUT2D eigenvalue weighted by molar-refractivity contribution is 5.78. The molecule has 1 aromatic heterocycles. The van der Waals surface area contributed by atoms with E-state index in [2.05, 4.69) is 0 Å². The molecule has 0 fully saturated rings. The zero-order chi connectivity index (χ0) is 10.1. The minimum atomic E-state index is -0.313. The molecule has 1 heterocycles. The van der Waals surface area contributed by atoms with Crippen molar-refractivity contribution in [2.24, 2.45) is 5.73 Å². The minimum Gasteiger partial charge on any atom is -0.461 e. The first-order valence-corrected chi connectivity index (χ1v) is 4.58. The molecule has 3 heteroatoms. The number of halogens is 1. The van der Waals surface area contributed by atoms with Crippen LogP contribution in [0.1, 0.15) is 12.5 Å². The van der Waals surface area contributed by atoms with Gasteiger partial charge in [-0.25, -0.2) is 4.39 Å². The maximum absolute atomic E-state index is 13.1. The number of benzene rings is 1. The van der Waals surface area contributed by atoms with Crippen LogP contribution in [0.3, 0.4) is 0 Å². The van der Waals surface area contributed by atoms with Crippen LogP contribution in [-0.4, -0.2) is 6.04 Å². The van der Waals surface area contributed by atoms with Gasteiger partial charge in [0.05, 0.1) is 5.39 Å². The third kappa shape index (κ3) is 1.63. The van der Waals surface area contributed by atoms with Crippen molar-refractivity contribution < 1.29 is 8.81 Å². The average molecular weight is 193 g/mol. The molecule has 2 rings (SSSR count). The summed E-state index contributed by atoms with van der Waals surface area (Å²) in [5.74, 6) is -0.313. The van der Waals surface area contributed by atoms with Gasteiger partial charge in [-0.3, -0.25) is 0 Å². The molecule has 0 amide bonds. The van der Waals surface area contributed by atoms with Crippen molar-refractivity contribution in [1.82, 2.24) is 0 Å². The summed E-state index contributed by atoms with van der Waals surface area (Å²) in [5.41, 5.74) is 7.28. The van der Waals surface area contributed by atoms with Crippen molar-refractivity contribution in [3.8, 4) is 0 Å². The van der Waals surface area contributed by atoms with Crippen LogP contribution in [-0.2, 0) is 6.42 Å². The first kappa shape index (κ1) is 9.21. The van der Waals surface area contributed by atoms with Gasteiger partial charge in [0, 0.05) is 6.04 Å². The third-order valence-electron chi connectivity index (χ3n) is 2.15. The van der Waals surface area contributed by atoms with Crippen LogP contribution in [0.5, 0.6) is 0 Å². The van der Waals surface area contributed by atoms with Crippen LogP contribution >= 0.6 is 0 Å². The molecule has 0 saturated carbocycles. The molecular formula is C11H12FNO. The Labute approximate surface area is 81.5 Å².